The summed E-state index contributed by atoms with van der Waals surface area (Å²) in [6.45, 7) is 0. The molecule has 10 aromatic rings. The average Bonchev–Trinajstić information content (AvgIpc) is 4.03. The van der Waals surface area contributed by atoms with E-state index in [9.17, 15) is 0 Å². The highest BCUT2D eigenvalue weighted by molar-refractivity contribution is 5.99. The first kappa shape index (κ1) is 40.7. The molecule has 4 bridgehead atoms. The molecule has 7 aliphatic carbocycles. The lowest BCUT2D eigenvalue weighted by Crippen LogP contribution is -2.55. The summed E-state index contributed by atoms with van der Waals surface area (Å²) in [6.07, 6.45) is 6.87. The number of para-hydroxylation sites is 1. The lowest BCUT2D eigenvalue weighted by Gasteiger charge is -2.61. The van der Waals surface area contributed by atoms with E-state index in [1.54, 1.807) is 11.1 Å². The third kappa shape index (κ3) is 5.44. The van der Waals surface area contributed by atoms with E-state index in [4.69, 9.17) is 0 Å². The normalized spacial score (nSPS) is 21.5. The van der Waals surface area contributed by atoms with Crippen LogP contribution in [0.1, 0.15) is 65.5 Å². The number of anilines is 3. The summed E-state index contributed by atoms with van der Waals surface area (Å²) in [5.74, 6) is 3.09. The molecule has 72 heavy (non-hydrogen) atoms. The van der Waals surface area contributed by atoms with E-state index < -0.39 is 5.41 Å². The second-order valence-corrected chi connectivity index (χ2v) is 21.9. The molecule has 17 rings (SSSR count). The van der Waals surface area contributed by atoms with Crippen molar-refractivity contribution in [3.63, 3.8) is 0 Å². The smallest absolute Gasteiger partial charge is 0.0726 e. The average molecular weight is 920 g/mol. The molecule has 1 nitrogen and oxygen atoms in total. The predicted molar refractivity (Wildman–Crippen MR) is 297 cm³/mol. The highest BCUT2D eigenvalue weighted by atomic mass is 15.1. The van der Waals surface area contributed by atoms with Gasteiger partial charge in [-0.3, -0.25) is 0 Å². The molecule has 7 aliphatic rings. The molecule has 0 saturated heterocycles. The van der Waals surface area contributed by atoms with Gasteiger partial charge in [0.05, 0.1) is 11.1 Å². The van der Waals surface area contributed by atoms with Crippen LogP contribution in [0.5, 0.6) is 0 Å². The highest BCUT2D eigenvalue weighted by Gasteiger charge is 2.62. The highest BCUT2D eigenvalue weighted by Crippen LogP contribution is 2.71. The summed E-state index contributed by atoms with van der Waals surface area (Å²) in [6, 6.07) is 90.4. The van der Waals surface area contributed by atoms with Gasteiger partial charge in [0.2, 0.25) is 0 Å². The van der Waals surface area contributed by atoms with Crippen LogP contribution < -0.4 is 4.90 Å². The molecular weight excluding hydrogens is 867 g/mol. The minimum Gasteiger partial charge on any atom is -0.310 e. The fraction of sp³-hybridized carbons (Fsp3) is 0.155. The van der Waals surface area contributed by atoms with Crippen molar-refractivity contribution in [3.05, 3.63) is 270 Å². The van der Waals surface area contributed by atoms with Crippen molar-refractivity contribution in [1.29, 1.82) is 0 Å². The van der Waals surface area contributed by atoms with Crippen LogP contribution in [-0.2, 0) is 10.8 Å². The Labute approximate surface area is 423 Å². The van der Waals surface area contributed by atoms with E-state index in [0.29, 0.717) is 11.8 Å². The Hall–Kier alpha value is -8.00. The largest absolute Gasteiger partial charge is 0.310 e. The molecule has 342 valence electrons. The molecule has 0 amide bonds. The van der Waals surface area contributed by atoms with Crippen molar-refractivity contribution in [3.8, 4) is 66.8 Å². The molecule has 0 heterocycles. The van der Waals surface area contributed by atoms with Gasteiger partial charge in [-0.15, -0.1) is 0 Å². The first-order valence-corrected chi connectivity index (χ1v) is 26.5. The molecule has 0 N–H and O–H groups in total. The van der Waals surface area contributed by atoms with Gasteiger partial charge in [-0.05, 0) is 187 Å². The Morgan fingerprint density at radius 1 is 0.292 bits per heavy atom. The number of nitrogens with zero attached hydrogens (tertiary/aromatic N) is 1. The second-order valence-electron chi connectivity index (χ2n) is 21.9. The topological polar surface area (TPSA) is 3.24 Å². The van der Waals surface area contributed by atoms with Crippen LogP contribution in [0.4, 0.5) is 17.1 Å². The van der Waals surface area contributed by atoms with Crippen molar-refractivity contribution in [2.75, 3.05) is 4.90 Å². The van der Waals surface area contributed by atoms with Gasteiger partial charge in [0.15, 0.2) is 0 Å². The van der Waals surface area contributed by atoms with Crippen molar-refractivity contribution in [2.45, 2.75) is 42.9 Å². The molecular formula is C71H53N. The molecule has 2 spiro atoms. The van der Waals surface area contributed by atoms with Gasteiger partial charge in [-0.2, -0.15) is 0 Å². The molecule has 0 aliphatic heterocycles. The van der Waals surface area contributed by atoms with Crippen LogP contribution >= 0.6 is 0 Å². The minimum absolute atomic E-state index is 0.0266. The van der Waals surface area contributed by atoms with Gasteiger partial charge < -0.3 is 4.90 Å². The molecule has 1 heteroatoms. The van der Waals surface area contributed by atoms with E-state index >= 15 is 0 Å². The zero-order chi connectivity index (χ0) is 47.1. The summed E-state index contributed by atoms with van der Waals surface area (Å²) in [5.41, 5.74) is 27.4. The van der Waals surface area contributed by atoms with Gasteiger partial charge >= 0.3 is 0 Å². The van der Waals surface area contributed by atoms with E-state index in [0.717, 1.165) is 23.2 Å². The SMILES string of the molecule is c1ccc(-c2ccc(N(c3ccc4c(c3)C3(c5ccccc5-c5ccccc53)c3ccc(-c5ccccc5)cc3-4)c3ccccc3-c3cccc4c3C3(c5ccccc5-4)C4CC5CC(C4)CC3C5)cc2)cc1. The lowest BCUT2D eigenvalue weighted by atomic mass is 9.42. The van der Waals surface area contributed by atoms with Crippen molar-refractivity contribution < 1.29 is 0 Å². The van der Waals surface area contributed by atoms with Gasteiger partial charge in [0.25, 0.3) is 0 Å². The van der Waals surface area contributed by atoms with Crippen LogP contribution in [0, 0.1) is 23.7 Å². The second kappa shape index (κ2) is 15.3. The molecule has 10 aromatic carbocycles. The minimum atomic E-state index is -0.497. The third-order valence-corrected chi connectivity index (χ3v) is 18.7. The van der Waals surface area contributed by atoms with Crippen molar-refractivity contribution >= 4 is 17.1 Å². The number of hydrogen-bond acceptors (Lipinski definition) is 1. The maximum atomic E-state index is 2.59. The number of benzene rings is 10. The number of fused-ring (bicyclic) bond motifs is 13. The third-order valence-electron chi connectivity index (χ3n) is 18.7. The van der Waals surface area contributed by atoms with Gasteiger partial charge in [0, 0.05) is 22.4 Å². The predicted octanol–water partition coefficient (Wildman–Crippen LogP) is 18.2. The Kier molecular flexibility index (Phi) is 8.62. The molecule has 0 unspecified atom stereocenters. The van der Waals surface area contributed by atoms with Crippen LogP contribution in [0.3, 0.4) is 0 Å². The van der Waals surface area contributed by atoms with Crippen LogP contribution in [0.25, 0.3) is 66.8 Å². The van der Waals surface area contributed by atoms with E-state index in [-0.39, 0.29) is 5.41 Å². The van der Waals surface area contributed by atoms with Crippen LogP contribution in [0.2, 0.25) is 0 Å². The molecule has 4 saturated carbocycles. The fourth-order valence-electron chi connectivity index (χ4n) is 16.3. The monoisotopic (exact) mass is 919 g/mol. The zero-order valence-corrected chi connectivity index (χ0v) is 40.3. The Balaban J connectivity index is 0.946. The molecule has 4 fully saturated rings. The molecule has 0 radical (unpaired) electrons. The molecule has 0 aromatic heterocycles. The maximum Gasteiger partial charge on any atom is 0.0726 e. The van der Waals surface area contributed by atoms with Gasteiger partial charge in [0.1, 0.15) is 0 Å². The summed E-state index contributed by atoms with van der Waals surface area (Å²) >= 11 is 0. The standard InChI is InChI=1S/C71H53N/c1-3-16-47(17-4-1)49-30-33-53(34-31-49)72(68-29-14-10-23-59(68)61-25-15-24-60-57-22-9-11-26-63(57)70(69(60)61)51-39-45-38-46(41-51)42-52(70)40-45)54-35-36-58-62-43-50(48-18-5-2-6-19-48)32-37-66(62)71(67(58)44-54)64-27-12-7-20-55(64)56-21-8-13-28-65(56)71/h1-37,43-46,51-52H,38-42H2. The summed E-state index contributed by atoms with van der Waals surface area (Å²) in [4.78, 5) is 2.59. The van der Waals surface area contributed by atoms with Crippen molar-refractivity contribution in [1.82, 2.24) is 0 Å². The zero-order valence-electron chi connectivity index (χ0n) is 40.3. The maximum absolute atomic E-state index is 2.59. The Morgan fingerprint density at radius 3 is 1.40 bits per heavy atom. The van der Waals surface area contributed by atoms with E-state index in [1.807, 2.05) is 0 Å². The van der Waals surface area contributed by atoms with Gasteiger partial charge in [-0.1, -0.05) is 200 Å². The Bertz CT molecular complexity index is 3750. The summed E-state index contributed by atoms with van der Waals surface area (Å²) in [7, 11) is 0. The summed E-state index contributed by atoms with van der Waals surface area (Å²) < 4.78 is 0. The van der Waals surface area contributed by atoms with Crippen LogP contribution in [0.15, 0.2) is 237 Å². The van der Waals surface area contributed by atoms with E-state index in [2.05, 4.69) is 241 Å². The quantitative estimate of drug-likeness (QED) is 0.161. The fourth-order valence-corrected chi connectivity index (χ4v) is 16.3. The molecule has 0 atom stereocenters. The summed E-state index contributed by atoms with van der Waals surface area (Å²) in [5, 5.41) is 0. The van der Waals surface area contributed by atoms with E-state index in [1.165, 1.54) is 127 Å². The van der Waals surface area contributed by atoms with Gasteiger partial charge in [-0.25, -0.2) is 0 Å². The Morgan fingerprint density at radius 2 is 0.750 bits per heavy atom. The number of hydrogen-bond donors (Lipinski definition) is 0. The number of rotatable bonds is 6. The van der Waals surface area contributed by atoms with Crippen molar-refractivity contribution in [2.24, 2.45) is 23.7 Å². The van der Waals surface area contributed by atoms with Crippen LogP contribution in [-0.4, -0.2) is 0 Å². The first-order valence-electron chi connectivity index (χ1n) is 26.5. The lowest BCUT2D eigenvalue weighted by molar-refractivity contribution is -0.0397. The first-order chi connectivity index (χ1) is 35.7.